The fourth-order valence-electron chi connectivity index (χ4n) is 9.77. The zero-order valence-electron chi connectivity index (χ0n) is 45.4. The van der Waals surface area contributed by atoms with Crippen molar-refractivity contribution in [1.82, 2.24) is 0 Å². The minimum Gasteiger partial charge on any atom is -0.374 e. The number of ether oxygens (including phenoxy) is 9. The molecule has 82 heavy (non-hydrogen) atoms. The molecule has 0 amide bonds. The van der Waals surface area contributed by atoms with Gasteiger partial charge in [-0.15, -0.1) is 0 Å². The highest BCUT2D eigenvalue weighted by atomic mass is 32.5. The van der Waals surface area contributed by atoms with Crippen molar-refractivity contribution in [3.63, 3.8) is 0 Å². The quantitative estimate of drug-likeness (QED) is 0.0448. The van der Waals surface area contributed by atoms with Crippen molar-refractivity contribution in [2.45, 2.75) is 112 Å². The van der Waals surface area contributed by atoms with Crippen molar-refractivity contribution in [2.24, 2.45) is 0 Å². The Morgan fingerprint density at radius 1 is 0.354 bits per heavy atom. The van der Waals surface area contributed by atoms with Crippen LogP contribution in [0.2, 0.25) is 0 Å². The van der Waals surface area contributed by atoms with Gasteiger partial charge >= 0.3 is 6.72 Å². The van der Waals surface area contributed by atoms with E-state index >= 15 is 0 Å². The molecule has 10 rings (SSSR count). The van der Waals surface area contributed by atoms with E-state index in [0.717, 1.165) is 43.8 Å². The Morgan fingerprint density at radius 3 is 1.05 bits per heavy atom. The molecule has 1 N–H and O–H groups in total. The lowest BCUT2D eigenvalue weighted by atomic mass is 9.98. The van der Waals surface area contributed by atoms with Crippen molar-refractivity contribution < 1.29 is 56.6 Å². The molecule has 0 radical (unpaired) electrons. The smallest absolute Gasteiger partial charge is 0.327 e. The van der Waals surface area contributed by atoms with Gasteiger partial charge in [0.2, 0.25) is 0 Å². The van der Waals surface area contributed by atoms with Crippen LogP contribution in [0, 0.1) is 0 Å². The summed E-state index contributed by atoms with van der Waals surface area (Å²) >= 11 is 7.55. The number of rotatable bonds is 29. The Kier molecular flexibility index (Phi) is 22.7. The van der Waals surface area contributed by atoms with Gasteiger partial charge in [0.05, 0.1) is 59.5 Å². The third kappa shape index (κ3) is 17.9. The van der Waals surface area contributed by atoms with Gasteiger partial charge in [0.1, 0.15) is 54.3 Å². The molecule has 0 spiro atoms. The lowest BCUT2D eigenvalue weighted by Gasteiger charge is -2.47. The van der Waals surface area contributed by atoms with Gasteiger partial charge in [-0.1, -0.05) is 242 Å². The molecule has 11 atom stereocenters. The van der Waals surface area contributed by atoms with Crippen LogP contribution in [-0.4, -0.2) is 78.7 Å². The second kappa shape index (κ2) is 31.3. The maximum absolute atomic E-state index is 12.6. The summed E-state index contributed by atoms with van der Waals surface area (Å²) in [5.41, 5.74) is 6.00. The maximum atomic E-state index is 12.6. The largest absolute Gasteiger partial charge is 0.374 e. The molecular weight excluding hydrogens is 1090 g/mol. The van der Waals surface area contributed by atoms with Gasteiger partial charge < -0.3 is 52.0 Å². The van der Waals surface area contributed by atoms with E-state index in [4.69, 9.17) is 63.5 Å². The SMILES string of the molecule is OP(=S)(OC[C@@H]1O[C@@H](Sc2ccccc2)[C@H](OCc2ccccc2)[C@@H](OCc2ccccc2)[C@@H]1OCc1ccccc1)O[C@H]1O[C@H](COCc2ccccc2)[C@@H](OCc2ccccc2)[C@H](OCc2ccccc2)[C@H]1OCc1ccccc1. The fourth-order valence-corrected chi connectivity index (χ4v) is 12.2. The van der Waals surface area contributed by atoms with Crippen LogP contribution in [0.5, 0.6) is 0 Å². The van der Waals surface area contributed by atoms with Crippen molar-refractivity contribution >= 4 is 30.3 Å². The Balaban J connectivity index is 0.971. The van der Waals surface area contributed by atoms with E-state index in [0.29, 0.717) is 6.61 Å². The summed E-state index contributed by atoms with van der Waals surface area (Å²) in [5.74, 6) is 0. The predicted molar refractivity (Wildman–Crippen MR) is 319 cm³/mol. The lowest BCUT2D eigenvalue weighted by Crippen LogP contribution is -2.61. The van der Waals surface area contributed by atoms with Gasteiger partial charge in [0.25, 0.3) is 0 Å². The first kappa shape index (κ1) is 59.4. The van der Waals surface area contributed by atoms with Crippen LogP contribution in [0.4, 0.5) is 0 Å². The minimum atomic E-state index is -4.31. The first-order chi connectivity index (χ1) is 40.4. The first-order valence-corrected chi connectivity index (χ1v) is 31.1. The van der Waals surface area contributed by atoms with E-state index < -0.39 is 67.3 Å². The van der Waals surface area contributed by atoms with Crippen LogP contribution in [0.3, 0.4) is 0 Å². The fraction of sp³-hybridized carbons (Fsp3) is 0.284. The molecule has 2 heterocycles. The second-order valence-electron chi connectivity index (χ2n) is 20.0. The molecule has 426 valence electrons. The normalized spacial score (nSPS) is 23.4. The van der Waals surface area contributed by atoms with E-state index in [-0.39, 0.29) is 52.9 Å². The first-order valence-electron chi connectivity index (χ1n) is 27.6. The van der Waals surface area contributed by atoms with E-state index in [9.17, 15) is 4.89 Å². The lowest BCUT2D eigenvalue weighted by molar-refractivity contribution is -0.311. The molecule has 8 aromatic rings. The Hall–Kier alpha value is -5.72. The van der Waals surface area contributed by atoms with Crippen molar-refractivity contribution in [2.75, 3.05) is 13.2 Å². The average Bonchev–Trinajstić information content (AvgIpc) is 3.59. The second-order valence-corrected chi connectivity index (χ2v) is 23.9. The zero-order chi connectivity index (χ0) is 56.0. The number of benzene rings is 8. The number of hydrogen-bond acceptors (Lipinski definition) is 13. The summed E-state index contributed by atoms with van der Waals surface area (Å²) in [7, 11) is 0. The zero-order valence-corrected chi connectivity index (χ0v) is 48.0. The molecule has 2 fully saturated rings. The van der Waals surface area contributed by atoms with Gasteiger partial charge in [0.15, 0.2) is 6.29 Å². The van der Waals surface area contributed by atoms with Crippen LogP contribution in [0.15, 0.2) is 248 Å². The van der Waals surface area contributed by atoms with Crippen LogP contribution in [0.1, 0.15) is 38.9 Å². The van der Waals surface area contributed by atoms with Crippen LogP contribution < -0.4 is 0 Å². The van der Waals surface area contributed by atoms with Crippen molar-refractivity contribution in [3.05, 3.63) is 282 Å². The van der Waals surface area contributed by atoms with E-state index in [2.05, 4.69) is 0 Å². The van der Waals surface area contributed by atoms with Gasteiger partial charge in [-0.25, -0.2) is 0 Å². The standard InChI is InChI=1S/C67H69O12PS2/c68-80(81,76-49-59-61(71-43-52-29-13-3-14-30-52)63(73-45-54-33-17-5-18-34-54)65(75-47-56-37-21-7-22-38-56)67(78-59)82-57-39-23-8-24-40-57)79-66-64(74-46-55-35-19-6-20-36-55)62(72-44-53-31-15-4-16-32-53)60(70-42-51-27-11-2-12-28-51)58(77-66)48-69-41-50-25-9-1-10-26-50/h1-40,58-67H,41-49H2,(H,68,81)/t58-,59+,60-,61-,62+,63+,64-,65-,66-,67+,80?/m1/s1. The molecule has 0 bridgehead atoms. The molecule has 2 aliphatic heterocycles. The van der Waals surface area contributed by atoms with Crippen molar-refractivity contribution in [1.29, 1.82) is 0 Å². The molecule has 0 aliphatic carbocycles. The molecule has 8 aromatic carbocycles. The highest BCUT2D eigenvalue weighted by Gasteiger charge is 2.52. The maximum Gasteiger partial charge on any atom is 0.327 e. The van der Waals surface area contributed by atoms with Gasteiger partial charge in [0, 0.05) is 4.90 Å². The molecule has 2 saturated heterocycles. The van der Waals surface area contributed by atoms with Crippen molar-refractivity contribution in [3.8, 4) is 0 Å². The average molecular weight is 1160 g/mol. The molecule has 1 unspecified atom stereocenters. The molecule has 12 nitrogen and oxygen atoms in total. The number of thioether (sulfide) groups is 1. The van der Waals surface area contributed by atoms with Crippen LogP contribution in [0.25, 0.3) is 0 Å². The predicted octanol–water partition coefficient (Wildman–Crippen LogP) is 13.2. The highest BCUT2D eigenvalue weighted by molar-refractivity contribution is 8.07. The third-order valence-electron chi connectivity index (χ3n) is 13.9. The summed E-state index contributed by atoms with van der Waals surface area (Å²) in [6.45, 7) is -2.89. The molecule has 2 aliphatic rings. The Morgan fingerprint density at radius 2 is 0.659 bits per heavy atom. The van der Waals surface area contributed by atoms with Crippen LogP contribution in [-0.2, 0) is 110 Å². The van der Waals surface area contributed by atoms with Gasteiger partial charge in [-0.3, -0.25) is 4.52 Å². The van der Waals surface area contributed by atoms with Gasteiger partial charge in [-0.2, -0.15) is 0 Å². The summed E-state index contributed by atoms with van der Waals surface area (Å²) in [6, 6.07) is 79.4. The molecule has 15 heteroatoms. The summed E-state index contributed by atoms with van der Waals surface area (Å²) < 4.78 is 75.3. The molecule has 0 aromatic heterocycles. The highest BCUT2D eigenvalue weighted by Crippen LogP contribution is 2.49. The third-order valence-corrected chi connectivity index (χ3v) is 16.6. The minimum absolute atomic E-state index is 0.0642. The summed E-state index contributed by atoms with van der Waals surface area (Å²) in [6.07, 6.45) is -7.88. The topological polar surface area (TPSA) is 122 Å². The van der Waals surface area contributed by atoms with E-state index in [1.165, 1.54) is 11.8 Å². The summed E-state index contributed by atoms with van der Waals surface area (Å²) in [5, 5.41) is 0. The molecular formula is C67H69O12PS2. The van der Waals surface area contributed by atoms with Crippen LogP contribution >= 0.6 is 18.5 Å². The number of hydrogen-bond donors (Lipinski definition) is 1. The summed E-state index contributed by atoms with van der Waals surface area (Å²) in [4.78, 5) is 13.5. The van der Waals surface area contributed by atoms with E-state index in [1.54, 1.807) is 0 Å². The Labute approximate surface area is 490 Å². The van der Waals surface area contributed by atoms with Gasteiger partial charge in [-0.05, 0) is 62.9 Å². The monoisotopic (exact) mass is 1160 g/mol. The van der Waals surface area contributed by atoms with E-state index in [1.807, 2.05) is 243 Å². The Bertz CT molecular complexity index is 3090. The molecule has 0 saturated carbocycles.